The van der Waals surface area contributed by atoms with Gasteiger partial charge in [0.15, 0.2) is 0 Å². The first-order chi connectivity index (χ1) is 6.86. The van der Waals surface area contributed by atoms with E-state index in [-0.39, 0.29) is 0 Å². The largest absolute Gasteiger partial charge is 0.248 e. The van der Waals surface area contributed by atoms with Crippen molar-refractivity contribution in [2.45, 2.75) is 6.54 Å². The van der Waals surface area contributed by atoms with Gasteiger partial charge < -0.3 is 0 Å². The molecule has 0 aromatic carbocycles. The average Bonchev–Trinajstić information content (AvgIpc) is 2.50. The van der Waals surface area contributed by atoms with Crippen LogP contribution in [0.2, 0.25) is 0 Å². The SMILES string of the molecule is C=CC[n+]1ccn(C=C)c1.[O-][Cl+3]([O-])([O-])[O-]. The quantitative estimate of drug-likeness (QED) is 0.397. The number of nitrogens with zero attached hydrogens (tertiary/aromatic N) is 2. The van der Waals surface area contributed by atoms with E-state index in [9.17, 15) is 0 Å². The van der Waals surface area contributed by atoms with E-state index in [1.165, 1.54) is 0 Å². The number of imidazole rings is 1. The third-order valence-corrected chi connectivity index (χ3v) is 1.26. The molecule has 1 rings (SSSR count). The van der Waals surface area contributed by atoms with Crippen LogP contribution in [-0.4, -0.2) is 4.57 Å². The van der Waals surface area contributed by atoms with E-state index < -0.39 is 10.2 Å². The van der Waals surface area contributed by atoms with Crippen molar-refractivity contribution in [1.82, 2.24) is 4.57 Å². The third kappa shape index (κ3) is 9.13. The van der Waals surface area contributed by atoms with Gasteiger partial charge in [0.2, 0.25) is 6.33 Å². The van der Waals surface area contributed by atoms with Gasteiger partial charge in [-0.15, -0.1) is 10.2 Å². The van der Waals surface area contributed by atoms with Crippen LogP contribution in [0.1, 0.15) is 0 Å². The zero-order chi connectivity index (χ0) is 11.9. The van der Waals surface area contributed by atoms with Crippen LogP contribution in [0, 0.1) is 10.2 Å². The fraction of sp³-hybridized carbons (Fsp3) is 0.125. The molecule has 7 heteroatoms. The maximum atomic E-state index is 8.49. The summed E-state index contributed by atoms with van der Waals surface area (Å²) in [6.07, 6.45) is 9.47. The Morgan fingerprint density at radius 2 is 1.80 bits per heavy atom. The first kappa shape index (κ1) is 13.8. The Kier molecular flexibility index (Phi) is 5.83. The zero-order valence-corrected chi connectivity index (χ0v) is 8.67. The van der Waals surface area contributed by atoms with Crippen molar-refractivity contribution in [1.29, 1.82) is 0 Å². The van der Waals surface area contributed by atoms with E-state index in [4.69, 9.17) is 18.6 Å². The molecule has 0 aliphatic carbocycles. The second kappa shape index (κ2) is 6.33. The highest BCUT2D eigenvalue weighted by molar-refractivity contribution is 5.13. The smallest absolute Gasteiger partial charge is 0.233 e. The summed E-state index contributed by atoms with van der Waals surface area (Å²) < 4.78 is 37.9. The topological polar surface area (TPSA) is 101 Å². The lowest BCUT2D eigenvalue weighted by atomic mass is 10.6. The third-order valence-electron chi connectivity index (χ3n) is 1.26. The van der Waals surface area contributed by atoms with Crippen molar-refractivity contribution >= 4 is 6.20 Å². The Balaban J connectivity index is 0.000000336. The lowest BCUT2D eigenvalue weighted by Crippen LogP contribution is -2.68. The van der Waals surface area contributed by atoms with Gasteiger partial charge in [-0.1, -0.05) is 19.2 Å². The molecule has 0 radical (unpaired) electrons. The highest BCUT2D eigenvalue weighted by Crippen LogP contribution is 1.82. The summed E-state index contributed by atoms with van der Waals surface area (Å²) in [6, 6.07) is 0. The Hall–Kier alpha value is -1.18. The van der Waals surface area contributed by atoms with Crippen molar-refractivity contribution in [3.8, 4) is 0 Å². The molecule has 1 aromatic heterocycles. The normalized spacial score (nSPS) is 10.1. The van der Waals surface area contributed by atoms with Gasteiger partial charge in [0.1, 0.15) is 18.9 Å². The molecule has 1 aromatic rings. The van der Waals surface area contributed by atoms with E-state index >= 15 is 0 Å². The Bertz CT molecular complexity index is 313. The molecule has 0 N–H and O–H groups in total. The maximum absolute atomic E-state index is 8.49. The first-order valence-corrected chi connectivity index (χ1v) is 5.02. The summed E-state index contributed by atoms with van der Waals surface area (Å²) in [5.74, 6) is 0. The minimum Gasteiger partial charge on any atom is -0.233 e. The van der Waals surface area contributed by atoms with E-state index in [0.717, 1.165) is 6.54 Å². The molecule has 0 aliphatic rings. The molecule has 15 heavy (non-hydrogen) atoms. The van der Waals surface area contributed by atoms with E-state index in [2.05, 4.69) is 13.2 Å². The fourth-order valence-corrected chi connectivity index (χ4v) is 0.776. The van der Waals surface area contributed by atoms with E-state index in [0.29, 0.717) is 0 Å². The van der Waals surface area contributed by atoms with Gasteiger partial charge in [-0.3, -0.25) is 0 Å². The van der Waals surface area contributed by atoms with E-state index in [1.54, 1.807) is 6.20 Å². The van der Waals surface area contributed by atoms with Gasteiger partial charge in [-0.2, -0.15) is 0 Å². The zero-order valence-electron chi connectivity index (χ0n) is 7.91. The minimum atomic E-state index is -4.94. The van der Waals surface area contributed by atoms with Crippen molar-refractivity contribution in [3.05, 3.63) is 38.0 Å². The van der Waals surface area contributed by atoms with Crippen molar-refractivity contribution in [3.63, 3.8) is 0 Å². The summed E-state index contributed by atoms with van der Waals surface area (Å²) in [5.41, 5.74) is 0. The molecule has 0 unspecified atom stereocenters. The molecule has 0 atom stereocenters. The maximum Gasteiger partial charge on any atom is 0.248 e. The van der Waals surface area contributed by atoms with Gasteiger partial charge >= 0.3 is 0 Å². The Labute approximate surface area is 89.4 Å². The number of rotatable bonds is 3. The lowest BCUT2D eigenvalue weighted by molar-refractivity contribution is -2.00. The van der Waals surface area contributed by atoms with Crippen LogP contribution >= 0.6 is 0 Å². The van der Waals surface area contributed by atoms with Crippen LogP contribution in [0.25, 0.3) is 6.20 Å². The monoisotopic (exact) mass is 234 g/mol. The van der Waals surface area contributed by atoms with Crippen molar-refractivity contribution < 1.29 is 33.4 Å². The molecule has 0 saturated carbocycles. The molecule has 0 fully saturated rings. The van der Waals surface area contributed by atoms with Gasteiger partial charge in [-0.05, 0) is 0 Å². The fourth-order valence-electron chi connectivity index (χ4n) is 0.776. The number of allylic oxidation sites excluding steroid dienone is 1. The summed E-state index contributed by atoms with van der Waals surface area (Å²) in [6.45, 7) is 8.11. The number of hydrogen-bond donors (Lipinski definition) is 0. The molecule has 0 bridgehead atoms. The number of halogens is 1. The lowest BCUT2D eigenvalue weighted by Gasteiger charge is -2.17. The van der Waals surface area contributed by atoms with Crippen LogP contribution in [-0.2, 0) is 6.54 Å². The Morgan fingerprint density at radius 1 is 1.27 bits per heavy atom. The van der Waals surface area contributed by atoms with Gasteiger partial charge in [0.05, 0.1) is 6.20 Å². The molecular formula is C8H11ClN2O4. The van der Waals surface area contributed by atoms with Crippen LogP contribution in [0.3, 0.4) is 0 Å². The number of aromatic nitrogens is 2. The molecule has 1 heterocycles. The van der Waals surface area contributed by atoms with Crippen LogP contribution < -0.4 is 23.2 Å². The van der Waals surface area contributed by atoms with Crippen LogP contribution in [0.15, 0.2) is 38.0 Å². The molecule has 0 saturated heterocycles. The van der Waals surface area contributed by atoms with E-state index in [1.807, 2.05) is 33.9 Å². The predicted octanol–water partition coefficient (Wildman–Crippen LogP) is -3.69. The minimum absolute atomic E-state index is 0.848. The molecule has 84 valence electrons. The Morgan fingerprint density at radius 3 is 2.13 bits per heavy atom. The second-order valence-electron chi connectivity index (χ2n) is 2.41. The van der Waals surface area contributed by atoms with Gasteiger partial charge in [-0.25, -0.2) is 27.8 Å². The molecule has 6 nitrogen and oxygen atoms in total. The molecule has 0 aliphatic heterocycles. The number of hydrogen-bond acceptors (Lipinski definition) is 4. The highest BCUT2D eigenvalue weighted by atomic mass is 35.7. The summed E-state index contributed by atoms with van der Waals surface area (Å²) in [4.78, 5) is 0. The van der Waals surface area contributed by atoms with Crippen LogP contribution in [0.5, 0.6) is 0 Å². The summed E-state index contributed by atoms with van der Waals surface area (Å²) in [5, 5.41) is 0. The second-order valence-corrected chi connectivity index (χ2v) is 3.16. The summed E-state index contributed by atoms with van der Waals surface area (Å²) in [7, 11) is -4.94. The van der Waals surface area contributed by atoms with Crippen molar-refractivity contribution in [2.75, 3.05) is 0 Å². The first-order valence-electron chi connectivity index (χ1n) is 3.78. The average molecular weight is 235 g/mol. The standard InChI is InChI=1S/C8H11N2.ClHO4/c1-3-5-10-7-6-9(4-2)8-10;2-1(3,4)5/h3-4,6-8H,1-2,5H2;(H,2,3,4,5)/q+1;/p-1. The molecular weight excluding hydrogens is 224 g/mol. The highest BCUT2D eigenvalue weighted by Gasteiger charge is 1.95. The van der Waals surface area contributed by atoms with Crippen LogP contribution in [0.4, 0.5) is 0 Å². The van der Waals surface area contributed by atoms with Gasteiger partial charge in [0.25, 0.3) is 0 Å². The predicted molar refractivity (Wildman–Crippen MR) is 41.2 cm³/mol. The summed E-state index contributed by atoms with van der Waals surface area (Å²) >= 11 is 0. The van der Waals surface area contributed by atoms with Gasteiger partial charge in [0, 0.05) is 0 Å². The molecule has 0 amide bonds. The van der Waals surface area contributed by atoms with Crippen molar-refractivity contribution in [2.24, 2.45) is 0 Å². The molecule has 0 spiro atoms.